The van der Waals surface area contributed by atoms with Crippen LogP contribution in [-0.2, 0) is 14.8 Å². The van der Waals surface area contributed by atoms with Crippen LogP contribution in [-0.4, -0.2) is 25.7 Å². The average molecular weight is 485 g/mol. The van der Waals surface area contributed by atoms with Crippen LogP contribution in [0.1, 0.15) is 26.3 Å². The number of hydrogen-bond donors (Lipinski definition) is 0. The molecule has 3 rings (SSSR count). The Labute approximate surface area is 185 Å². The predicted molar refractivity (Wildman–Crippen MR) is 123 cm³/mol. The van der Waals surface area contributed by atoms with E-state index in [1.54, 1.807) is 55.5 Å². The molecule has 0 bridgehead atoms. The van der Waals surface area contributed by atoms with Crippen molar-refractivity contribution in [2.24, 2.45) is 15.3 Å². The normalized spacial score (nSPS) is 16.6. The second kappa shape index (κ2) is 9.02. The van der Waals surface area contributed by atoms with Crippen molar-refractivity contribution in [1.29, 1.82) is 0 Å². The van der Waals surface area contributed by atoms with Crippen molar-refractivity contribution in [3.63, 3.8) is 0 Å². The second-order valence-electron chi connectivity index (χ2n) is 7.15. The van der Waals surface area contributed by atoms with E-state index < -0.39 is 10.0 Å². The minimum Gasteiger partial charge on any atom is -0.290 e. The maximum atomic E-state index is 12.9. The van der Waals surface area contributed by atoms with Gasteiger partial charge in [-0.15, -0.1) is 4.40 Å². The topological polar surface area (TPSA) is 75.9 Å². The quantitative estimate of drug-likeness (QED) is 0.342. The van der Waals surface area contributed by atoms with Gasteiger partial charge in [-0.05, 0) is 60.4 Å². The van der Waals surface area contributed by atoms with Gasteiger partial charge in [0.05, 0.1) is 10.6 Å². The zero-order valence-corrected chi connectivity index (χ0v) is 19.2. The first kappa shape index (κ1) is 22.1. The summed E-state index contributed by atoms with van der Waals surface area (Å²) in [6.07, 6.45) is 3.24. The van der Waals surface area contributed by atoms with Gasteiger partial charge in [-0.1, -0.05) is 60.1 Å². The van der Waals surface area contributed by atoms with Crippen LogP contribution in [0.25, 0.3) is 0 Å². The molecular weight excluding hydrogens is 464 g/mol. The molecule has 5 nitrogen and oxygen atoms in total. The second-order valence-corrected chi connectivity index (χ2v) is 9.67. The van der Waals surface area contributed by atoms with Crippen molar-refractivity contribution in [2.75, 3.05) is 0 Å². The molecule has 0 N–H and O–H groups in total. The molecule has 0 aromatic heterocycles. The number of aliphatic imine (C=N–C) groups is 1. The smallest absolute Gasteiger partial charge is 0.284 e. The number of rotatable bonds is 4. The molecule has 7 heteroatoms. The lowest BCUT2D eigenvalue weighted by molar-refractivity contribution is -0.111. The lowest BCUT2D eigenvalue weighted by atomic mass is 9.90. The molecule has 0 fully saturated rings. The van der Waals surface area contributed by atoms with Crippen molar-refractivity contribution >= 4 is 43.3 Å². The number of sulfonamides is 1. The van der Waals surface area contributed by atoms with Crippen LogP contribution in [0.15, 0.2) is 96.7 Å². The first-order chi connectivity index (χ1) is 14.2. The summed E-state index contributed by atoms with van der Waals surface area (Å²) in [7, 11) is -3.98. The Hall–Kier alpha value is -2.64. The van der Waals surface area contributed by atoms with Crippen molar-refractivity contribution in [2.45, 2.75) is 25.7 Å². The summed E-state index contributed by atoms with van der Waals surface area (Å²) in [6.45, 7) is 5.63. The highest BCUT2D eigenvalue weighted by Gasteiger charge is 2.21. The van der Waals surface area contributed by atoms with E-state index in [4.69, 9.17) is 0 Å². The van der Waals surface area contributed by atoms with Crippen molar-refractivity contribution < 1.29 is 13.2 Å². The van der Waals surface area contributed by atoms with E-state index >= 15 is 0 Å². The van der Waals surface area contributed by atoms with Gasteiger partial charge < -0.3 is 0 Å². The predicted octanol–water partition coefficient (Wildman–Crippen LogP) is 5.14. The molecule has 154 valence electrons. The van der Waals surface area contributed by atoms with E-state index in [2.05, 4.69) is 25.3 Å². The third-order valence-corrected chi connectivity index (χ3v) is 6.33. The number of hydrogen-bond acceptors (Lipinski definition) is 3. The molecule has 0 saturated carbocycles. The summed E-state index contributed by atoms with van der Waals surface area (Å²) in [5.74, 6) is 0.0361. The molecule has 2 aromatic carbocycles. The van der Waals surface area contributed by atoms with Gasteiger partial charge in [0.2, 0.25) is 0 Å². The number of carbonyl (C=O) groups excluding carboxylic acids is 1. The number of nitrogens with zero attached hydrogens (tertiary/aromatic N) is 2. The monoisotopic (exact) mass is 484 g/mol. The number of ketones is 1. The van der Waals surface area contributed by atoms with Gasteiger partial charge >= 0.3 is 0 Å². The maximum Gasteiger partial charge on any atom is 0.284 e. The van der Waals surface area contributed by atoms with E-state index in [9.17, 15) is 13.2 Å². The minimum absolute atomic E-state index is 0.0390. The zero-order valence-electron chi connectivity index (χ0n) is 16.8. The van der Waals surface area contributed by atoms with E-state index in [0.29, 0.717) is 16.8 Å². The minimum atomic E-state index is -3.98. The fraction of sp³-hybridized carbons (Fsp3) is 0.174. The van der Waals surface area contributed by atoms with Gasteiger partial charge in [0.1, 0.15) is 0 Å². The molecule has 2 aromatic rings. The summed E-state index contributed by atoms with van der Waals surface area (Å²) in [5, 5.41) is 0. The first-order valence-corrected chi connectivity index (χ1v) is 11.6. The fourth-order valence-corrected chi connectivity index (χ4v) is 4.08. The fourth-order valence-electron chi connectivity index (χ4n) is 2.86. The van der Waals surface area contributed by atoms with Crippen molar-refractivity contribution in [3.05, 3.63) is 87.9 Å². The molecule has 30 heavy (non-hydrogen) atoms. The van der Waals surface area contributed by atoms with Gasteiger partial charge in [-0.25, -0.2) is 4.99 Å². The van der Waals surface area contributed by atoms with E-state index in [1.165, 1.54) is 12.1 Å². The molecule has 1 aliphatic carbocycles. The Morgan fingerprint density at radius 1 is 0.967 bits per heavy atom. The van der Waals surface area contributed by atoms with Crippen LogP contribution < -0.4 is 0 Å². The molecule has 1 aliphatic rings. The van der Waals surface area contributed by atoms with E-state index in [-0.39, 0.29) is 22.4 Å². The molecule has 0 heterocycles. The van der Waals surface area contributed by atoms with Crippen molar-refractivity contribution in [3.8, 4) is 0 Å². The Morgan fingerprint density at radius 3 is 2.20 bits per heavy atom. The highest BCUT2D eigenvalue weighted by molar-refractivity contribution is 9.10. The van der Waals surface area contributed by atoms with Crippen LogP contribution in [0.2, 0.25) is 0 Å². The van der Waals surface area contributed by atoms with Crippen LogP contribution in [0, 0.1) is 5.92 Å². The number of amidine groups is 1. The Morgan fingerprint density at radius 2 is 1.60 bits per heavy atom. The highest BCUT2D eigenvalue weighted by atomic mass is 79.9. The molecule has 0 aliphatic heterocycles. The third kappa shape index (κ3) is 5.09. The van der Waals surface area contributed by atoms with Crippen molar-refractivity contribution in [1.82, 2.24) is 0 Å². The van der Waals surface area contributed by atoms with Crippen LogP contribution >= 0.6 is 15.9 Å². The van der Waals surface area contributed by atoms with Gasteiger partial charge in [0.25, 0.3) is 10.0 Å². The SMILES string of the molecule is CC1=CC(=NC(=NS(=O)(=O)c2ccc(Br)cc2)c2ccccc2)C(C(C)C)=CC1=O. The van der Waals surface area contributed by atoms with Crippen LogP contribution in [0.4, 0.5) is 0 Å². The zero-order chi connectivity index (χ0) is 21.9. The number of halogens is 1. The Kier molecular flexibility index (Phi) is 6.63. The summed E-state index contributed by atoms with van der Waals surface area (Å²) in [5.41, 5.74) is 2.39. The molecule has 0 spiro atoms. The standard InChI is InChI=1S/C23H21BrN2O3S/c1-15(2)20-14-22(27)16(3)13-21(20)25-23(17-7-5-4-6-8-17)26-30(28,29)19-11-9-18(24)10-12-19/h4-15H,1-3H3. The van der Waals surface area contributed by atoms with E-state index in [1.807, 2.05) is 19.9 Å². The van der Waals surface area contributed by atoms with Gasteiger partial charge in [-0.3, -0.25) is 4.79 Å². The van der Waals surface area contributed by atoms with E-state index in [0.717, 1.165) is 10.0 Å². The third-order valence-electron chi connectivity index (χ3n) is 4.52. The summed E-state index contributed by atoms with van der Waals surface area (Å²) < 4.78 is 30.7. The Balaban J connectivity index is 2.18. The average Bonchev–Trinajstić information content (AvgIpc) is 2.70. The maximum absolute atomic E-state index is 12.9. The molecule has 0 amide bonds. The lowest BCUT2D eigenvalue weighted by Gasteiger charge is -2.17. The number of carbonyl (C=O) groups is 1. The largest absolute Gasteiger partial charge is 0.290 e. The van der Waals surface area contributed by atoms with Gasteiger partial charge in [0, 0.05) is 10.0 Å². The molecule has 0 saturated heterocycles. The highest BCUT2D eigenvalue weighted by Crippen LogP contribution is 2.22. The molecule has 0 radical (unpaired) electrons. The number of benzene rings is 2. The van der Waals surface area contributed by atoms with Gasteiger partial charge in [0.15, 0.2) is 11.6 Å². The Bertz CT molecular complexity index is 1190. The summed E-state index contributed by atoms with van der Waals surface area (Å²) in [6, 6.07) is 15.2. The lowest BCUT2D eigenvalue weighted by Crippen LogP contribution is -2.18. The summed E-state index contributed by atoms with van der Waals surface area (Å²) in [4.78, 5) is 16.8. The van der Waals surface area contributed by atoms with Gasteiger partial charge in [-0.2, -0.15) is 8.42 Å². The van der Waals surface area contributed by atoms with Crippen LogP contribution in [0.3, 0.4) is 0 Å². The molecule has 0 atom stereocenters. The molecular formula is C23H21BrN2O3S. The molecule has 0 unspecified atom stereocenters. The first-order valence-electron chi connectivity index (χ1n) is 9.36. The summed E-state index contributed by atoms with van der Waals surface area (Å²) >= 11 is 3.30. The van der Waals surface area contributed by atoms with Crippen LogP contribution in [0.5, 0.6) is 0 Å². The number of allylic oxidation sites excluding steroid dienone is 4.